The summed E-state index contributed by atoms with van der Waals surface area (Å²) in [6.07, 6.45) is 0. The van der Waals surface area contributed by atoms with Crippen molar-refractivity contribution in [3.8, 4) is 78.1 Å². The standard InChI is InChI=1S/C102H68BN5/c1-9-33-69(34-10-1)73-61-63-94-90(65-73)103-91-66-74(70-35-11-2-12-36-70)62-64-95(91)108(97-68-79(104(75-41-17-5-18-42-75)76-43-19-6-20-44-76)67-96(98(97)103)107(94)99-80(71-37-13-3-14-38-71)51-29-52-81(99)72-39-15-4-16-40-72)102-88(86-55-30-53-84-82-49-25-27-59-92(82)105(100(84)86)77-45-21-7-22-46-77)57-32-58-89(102)87-56-31-54-85-83-50-26-28-60-93(83)106(101(85)87)78-47-23-8-24-48-78/h1-68H. The zero-order chi connectivity index (χ0) is 71.2. The normalized spacial score (nSPS) is 12.2. The average Bonchev–Trinajstić information content (AvgIpc) is 0.882. The Balaban J connectivity index is 0.976. The fourth-order valence-corrected chi connectivity index (χ4v) is 17.7. The van der Waals surface area contributed by atoms with Crippen molar-refractivity contribution in [2.45, 2.75) is 0 Å². The summed E-state index contributed by atoms with van der Waals surface area (Å²) >= 11 is 0. The molecule has 0 N–H and O–H groups in total. The van der Waals surface area contributed by atoms with Crippen molar-refractivity contribution in [1.29, 1.82) is 0 Å². The molecule has 0 fully saturated rings. The number of benzene rings is 17. The SMILES string of the molecule is c1ccc(-c2ccc3c(c2)B2c4cc(-c5ccccc5)ccc4N(c4c(-c5cccc6c7ccccc7n(-c7ccccc7)c56)cccc4-c4cccc5c6ccccc6n(-c6ccccc6)c45)c4cc(N(c5ccccc5)c5ccccc5)cc(c42)N3c2c(-c3ccccc3)cccc2-c2ccccc2)cc1. The predicted octanol–water partition coefficient (Wildman–Crippen LogP) is 25.4. The van der Waals surface area contributed by atoms with E-state index in [2.05, 4.69) is 436 Å². The molecule has 2 aliphatic rings. The van der Waals surface area contributed by atoms with E-state index < -0.39 is 0 Å². The maximum atomic E-state index is 2.72. The van der Waals surface area contributed by atoms with Gasteiger partial charge in [-0.2, -0.15) is 0 Å². The zero-order valence-corrected chi connectivity index (χ0v) is 59.1. The molecule has 0 bridgehead atoms. The van der Waals surface area contributed by atoms with Crippen LogP contribution in [0.5, 0.6) is 0 Å². The van der Waals surface area contributed by atoms with Crippen molar-refractivity contribution in [3.05, 3.63) is 413 Å². The number of fused-ring (bicyclic) bond motifs is 10. The Morgan fingerprint density at radius 3 is 0.954 bits per heavy atom. The van der Waals surface area contributed by atoms with Crippen molar-refractivity contribution in [2.75, 3.05) is 14.7 Å². The van der Waals surface area contributed by atoms with Crippen LogP contribution in [0.2, 0.25) is 0 Å². The van der Waals surface area contributed by atoms with E-state index in [1.165, 1.54) is 37.9 Å². The fourth-order valence-electron chi connectivity index (χ4n) is 17.7. The molecular formula is C102H68BN5. The molecule has 17 aromatic carbocycles. The van der Waals surface area contributed by atoms with Crippen LogP contribution in [0.1, 0.15) is 0 Å². The molecule has 19 aromatic rings. The van der Waals surface area contributed by atoms with Gasteiger partial charge in [0.25, 0.3) is 6.71 Å². The molecule has 2 aromatic heterocycles. The Bertz CT molecular complexity index is 6390. The molecule has 6 heteroatoms. The van der Waals surface area contributed by atoms with Crippen LogP contribution in [0.4, 0.5) is 51.2 Å². The van der Waals surface area contributed by atoms with Crippen LogP contribution >= 0.6 is 0 Å². The van der Waals surface area contributed by atoms with Crippen LogP contribution in [0.15, 0.2) is 413 Å². The molecule has 21 rings (SSSR count). The van der Waals surface area contributed by atoms with Crippen LogP contribution in [-0.4, -0.2) is 15.8 Å². The predicted molar refractivity (Wildman–Crippen MR) is 456 cm³/mol. The summed E-state index contributed by atoms with van der Waals surface area (Å²) in [5.41, 5.74) is 33.3. The third kappa shape index (κ3) is 10.1. The Morgan fingerprint density at radius 1 is 0.213 bits per heavy atom. The lowest BCUT2D eigenvalue weighted by atomic mass is 9.33. The molecule has 0 aliphatic carbocycles. The van der Waals surface area contributed by atoms with Gasteiger partial charge < -0.3 is 23.8 Å². The topological polar surface area (TPSA) is 19.6 Å². The molecule has 0 radical (unpaired) electrons. The quantitative estimate of drug-likeness (QED) is 0.107. The summed E-state index contributed by atoms with van der Waals surface area (Å²) in [6, 6.07) is 153. The zero-order valence-electron chi connectivity index (χ0n) is 59.1. The average molecular weight is 1370 g/mol. The highest BCUT2D eigenvalue weighted by atomic mass is 15.2. The molecular weight excluding hydrogens is 1310 g/mol. The lowest BCUT2D eigenvalue weighted by Crippen LogP contribution is -2.61. The first kappa shape index (κ1) is 62.4. The van der Waals surface area contributed by atoms with Crippen molar-refractivity contribution in [2.24, 2.45) is 0 Å². The lowest BCUT2D eigenvalue weighted by molar-refractivity contribution is 1.18. The van der Waals surface area contributed by atoms with Crippen LogP contribution < -0.4 is 31.1 Å². The van der Waals surface area contributed by atoms with Crippen molar-refractivity contribution in [3.63, 3.8) is 0 Å². The Kier molecular flexibility index (Phi) is 15.0. The van der Waals surface area contributed by atoms with E-state index >= 15 is 0 Å². The number of nitrogens with zero attached hydrogens (tertiary/aromatic N) is 5. The molecule has 5 nitrogen and oxygen atoms in total. The Labute approximate surface area is 628 Å². The van der Waals surface area contributed by atoms with E-state index in [1.807, 2.05) is 0 Å². The first-order chi connectivity index (χ1) is 53.7. The summed E-state index contributed by atoms with van der Waals surface area (Å²) in [6.45, 7) is -0.316. The van der Waals surface area contributed by atoms with Crippen molar-refractivity contribution in [1.82, 2.24) is 9.13 Å². The monoisotopic (exact) mass is 1370 g/mol. The molecule has 0 unspecified atom stereocenters. The van der Waals surface area contributed by atoms with Crippen LogP contribution in [0.25, 0.3) is 122 Å². The first-order valence-corrected chi connectivity index (χ1v) is 37.3. The number of hydrogen-bond acceptors (Lipinski definition) is 3. The van der Waals surface area contributed by atoms with Gasteiger partial charge in [-0.3, -0.25) is 0 Å². The van der Waals surface area contributed by atoms with Crippen LogP contribution in [0.3, 0.4) is 0 Å². The number of rotatable bonds is 13. The van der Waals surface area contributed by atoms with E-state index in [0.717, 1.165) is 151 Å². The van der Waals surface area contributed by atoms with Gasteiger partial charge in [0, 0.05) is 100 Å². The minimum absolute atomic E-state index is 0.316. The highest BCUT2D eigenvalue weighted by Gasteiger charge is 2.46. The molecule has 108 heavy (non-hydrogen) atoms. The maximum Gasteiger partial charge on any atom is 0.252 e. The number of hydrogen-bond donors (Lipinski definition) is 0. The minimum Gasteiger partial charge on any atom is -0.310 e. The molecule has 2 aliphatic heterocycles. The van der Waals surface area contributed by atoms with Gasteiger partial charge in [0.15, 0.2) is 0 Å². The van der Waals surface area contributed by atoms with Gasteiger partial charge in [-0.25, -0.2) is 0 Å². The summed E-state index contributed by atoms with van der Waals surface area (Å²) < 4.78 is 5.01. The van der Waals surface area contributed by atoms with E-state index in [9.17, 15) is 0 Å². The van der Waals surface area contributed by atoms with Crippen molar-refractivity contribution < 1.29 is 0 Å². The van der Waals surface area contributed by atoms with Gasteiger partial charge in [0.1, 0.15) is 0 Å². The van der Waals surface area contributed by atoms with Crippen LogP contribution in [-0.2, 0) is 0 Å². The fraction of sp³-hybridized carbons (Fsp3) is 0. The Hall–Kier alpha value is -14.2. The summed E-state index contributed by atoms with van der Waals surface area (Å²) in [5.74, 6) is 0. The second kappa shape index (κ2) is 25.9. The number of para-hydroxylation sites is 10. The minimum atomic E-state index is -0.316. The highest BCUT2D eigenvalue weighted by molar-refractivity contribution is 7.00. The second-order valence-electron chi connectivity index (χ2n) is 28.2. The number of anilines is 9. The van der Waals surface area contributed by atoms with E-state index in [1.54, 1.807) is 0 Å². The third-order valence-electron chi connectivity index (χ3n) is 22.2. The van der Waals surface area contributed by atoms with Gasteiger partial charge in [-0.05, 0) is 135 Å². The molecule has 4 heterocycles. The van der Waals surface area contributed by atoms with Gasteiger partial charge in [-0.15, -0.1) is 0 Å². The second-order valence-corrected chi connectivity index (χ2v) is 28.2. The summed E-state index contributed by atoms with van der Waals surface area (Å²) in [7, 11) is 0. The van der Waals surface area contributed by atoms with Gasteiger partial charge in [0.05, 0.1) is 39.1 Å². The highest BCUT2D eigenvalue weighted by Crippen LogP contribution is 2.57. The largest absolute Gasteiger partial charge is 0.310 e. The Morgan fingerprint density at radius 2 is 0.537 bits per heavy atom. The molecule has 504 valence electrons. The maximum absolute atomic E-state index is 2.72. The smallest absolute Gasteiger partial charge is 0.252 e. The van der Waals surface area contributed by atoms with Gasteiger partial charge in [0.2, 0.25) is 0 Å². The van der Waals surface area contributed by atoms with E-state index in [0.29, 0.717) is 0 Å². The number of aromatic nitrogens is 2. The molecule has 0 spiro atoms. The van der Waals surface area contributed by atoms with Gasteiger partial charge in [-0.1, -0.05) is 328 Å². The van der Waals surface area contributed by atoms with E-state index in [4.69, 9.17) is 0 Å². The van der Waals surface area contributed by atoms with Crippen LogP contribution in [0, 0.1) is 0 Å². The van der Waals surface area contributed by atoms with Crippen molar-refractivity contribution >= 4 is 118 Å². The third-order valence-corrected chi connectivity index (χ3v) is 22.2. The molecule has 0 amide bonds. The van der Waals surface area contributed by atoms with Gasteiger partial charge >= 0.3 is 0 Å². The summed E-state index contributed by atoms with van der Waals surface area (Å²) in [5, 5.41) is 4.73. The summed E-state index contributed by atoms with van der Waals surface area (Å²) in [4.78, 5) is 7.85. The molecule has 0 saturated heterocycles. The lowest BCUT2D eigenvalue weighted by Gasteiger charge is -2.46. The van der Waals surface area contributed by atoms with E-state index in [-0.39, 0.29) is 6.71 Å². The molecule has 0 saturated carbocycles. The molecule has 0 atom stereocenters. The first-order valence-electron chi connectivity index (χ1n) is 37.3.